The summed E-state index contributed by atoms with van der Waals surface area (Å²) >= 11 is 1.23. The highest BCUT2D eigenvalue weighted by atomic mass is 32.2. The van der Waals surface area contributed by atoms with Crippen molar-refractivity contribution in [1.82, 2.24) is 15.0 Å². The molecule has 0 unspecified atom stereocenters. The molecule has 0 fully saturated rings. The van der Waals surface area contributed by atoms with Crippen LogP contribution in [0.15, 0.2) is 64.6 Å². The van der Waals surface area contributed by atoms with Crippen LogP contribution in [0.2, 0.25) is 0 Å². The number of nitrogens with one attached hydrogen (secondary N) is 1. The van der Waals surface area contributed by atoms with Crippen molar-refractivity contribution in [3.05, 3.63) is 60.2 Å². The number of anilines is 1. The summed E-state index contributed by atoms with van der Waals surface area (Å²) in [5.74, 6) is -0.215. The predicted molar refractivity (Wildman–Crippen MR) is 97.9 cm³/mol. The highest BCUT2D eigenvalue weighted by Gasteiger charge is 2.15. The number of benzene rings is 2. The van der Waals surface area contributed by atoms with Crippen LogP contribution in [0, 0.1) is 0 Å². The van der Waals surface area contributed by atoms with Crippen molar-refractivity contribution in [2.45, 2.75) is 10.1 Å². The van der Waals surface area contributed by atoms with Gasteiger partial charge in [0.15, 0.2) is 0 Å². The van der Waals surface area contributed by atoms with E-state index in [1.54, 1.807) is 12.1 Å². The maximum absolute atomic E-state index is 12.6. The Labute approximate surface area is 154 Å². The minimum atomic E-state index is -0.215. The molecule has 0 radical (unpaired) electrons. The molecule has 26 heavy (non-hydrogen) atoms. The summed E-state index contributed by atoms with van der Waals surface area (Å²) in [4.78, 5) is 25.7. The van der Waals surface area contributed by atoms with Gasteiger partial charge in [-0.1, -0.05) is 30.3 Å². The van der Waals surface area contributed by atoms with E-state index in [9.17, 15) is 4.79 Å². The molecule has 3 aromatic rings. The van der Waals surface area contributed by atoms with Crippen molar-refractivity contribution in [1.29, 1.82) is 0 Å². The summed E-state index contributed by atoms with van der Waals surface area (Å²) in [5.41, 5.74) is 1.24. The number of aromatic nitrogens is 3. The Morgan fingerprint density at radius 2 is 1.50 bits per heavy atom. The number of methoxy groups -OCH3 is 2. The molecule has 0 atom stereocenters. The van der Waals surface area contributed by atoms with Gasteiger partial charge in [0.2, 0.25) is 5.16 Å². The summed E-state index contributed by atoms with van der Waals surface area (Å²) in [6.07, 6.45) is 0. The molecule has 0 aliphatic heterocycles. The van der Waals surface area contributed by atoms with Gasteiger partial charge in [0.1, 0.15) is 0 Å². The molecule has 0 aliphatic carbocycles. The first-order valence-corrected chi connectivity index (χ1v) is 8.48. The molecular formula is C18H16N4O3S. The van der Waals surface area contributed by atoms with Gasteiger partial charge in [-0.15, -0.1) is 4.98 Å². The Hall–Kier alpha value is -3.13. The number of carbonyl (C=O) groups excluding carboxylic acids is 1. The van der Waals surface area contributed by atoms with Gasteiger partial charge in [0.05, 0.1) is 19.8 Å². The van der Waals surface area contributed by atoms with E-state index >= 15 is 0 Å². The van der Waals surface area contributed by atoms with Crippen molar-refractivity contribution in [2.24, 2.45) is 0 Å². The van der Waals surface area contributed by atoms with Gasteiger partial charge in [0, 0.05) is 10.6 Å². The third kappa shape index (κ3) is 4.28. The lowest BCUT2D eigenvalue weighted by atomic mass is 10.2. The minimum absolute atomic E-state index is 0.144. The number of nitrogens with zero attached hydrogens (tertiary/aromatic N) is 3. The lowest BCUT2D eigenvalue weighted by Crippen LogP contribution is -2.13. The summed E-state index contributed by atoms with van der Waals surface area (Å²) < 4.78 is 10.1. The van der Waals surface area contributed by atoms with Crippen molar-refractivity contribution in [2.75, 3.05) is 19.5 Å². The first-order chi connectivity index (χ1) is 12.7. The molecule has 1 heterocycles. The van der Waals surface area contributed by atoms with E-state index in [4.69, 9.17) is 9.47 Å². The zero-order valence-electron chi connectivity index (χ0n) is 14.2. The van der Waals surface area contributed by atoms with Crippen LogP contribution in [0.5, 0.6) is 12.0 Å². The van der Waals surface area contributed by atoms with Crippen LogP contribution >= 0.6 is 11.8 Å². The molecular weight excluding hydrogens is 352 g/mol. The number of hydrogen-bond donors (Lipinski definition) is 1. The Morgan fingerprint density at radius 1 is 0.885 bits per heavy atom. The molecule has 0 saturated heterocycles. The fourth-order valence-electron chi connectivity index (χ4n) is 2.11. The van der Waals surface area contributed by atoms with E-state index < -0.39 is 0 Å². The van der Waals surface area contributed by atoms with Gasteiger partial charge in [-0.25, -0.2) is 0 Å². The molecule has 1 aromatic heterocycles. The zero-order chi connectivity index (χ0) is 18.4. The SMILES string of the molecule is COc1nc(OC)nc(Sc2ccccc2C(=O)Nc2ccccc2)n1. The molecule has 1 N–H and O–H groups in total. The molecule has 0 saturated carbocycles. The third-order valence-electron chi connectivity index (χ3n) is 3.30. The van der Waals surface area contributed by atoms with Gasteiger partial charge in [-0.2, -0.15) is 9.97 Å². The summed E-state index contributed by atoms with van der Waals surface area (Å²) in [7, 11) is 2.93. The lowest BCUT2D eigenvalue weighted by molar-refractivity contribution is 0.102. The van der Waals surface area contributed by atoms with Gasteiger partial charge in [-0.05, 0) is 36.0 Å². The van der Waals surface area contributed by atoms with Crippen molar-refractivity contribution >= 4 is 23.4 Å². The quantitative estimate of drug-likeness (QED) is 0.714. The predicted octanol–water partition coefficient (Wildman–Crippen LogP) is 3.29. The third-order valence-corrected chi connectivity index (χ3v) is 4.24. The largest absolute Gasteiger partial charge is 0.467 e. The van der Waals surface area contributed by atoms with Crippen LogP contribution in [-0.4, -0.2) is 35.1 Å². The van der Waals surface area contributed by atoms with Crippen molar-refractivity contribution in [3.63, 3.8) is 0 Å². The van der Waals surface area contributed by atoms with Crippen molar-refractivity contribution in [3.8, 4) is 12.0 Å². The molecule has 3 rings (SSSR count). The molecule has 1 amide bonds. The second-order valence-electron chi connectivity index (χ2n) is 5.01. The normalized spacial score (nSPS) is 10.2. The molecule has 0 spiro atoms. The number of hydrogen-bond acceptors (Lipinski definition) is 7. The first kappa shape index (κ1) is 17.7. The minimum Gasteiger partial charge on any atom is -0.467 e. The fourth-order valence-corrected chi connectivity index (χ4v) is 2.97. The first-order valence-electron chi connectivity index (χ1n) is 7.67. The van der Waals surface area contributed by atoms with Crippen molar-refractivity contribution < 1.29 is 14.3 Å². The number of ether oxygens (including phenoxy) is 2. The highest BCUT2D eigenvalue weighted by Crippen LogP contribution is 2.30. The summed E-state index contributed by atoms with van der Waals surface area (Å²) in [5, 5.41) is 3.24. The number of rotatable bonds is 6. The Morgan fingerprint density at radius 3 is 2.15 bits per heavy atom. The van der Waals surface area contributed by atoms with Gasteiger partial charge >= 0.3 is 12.0 Å². The number of carbonyl (C=O) groups is 1. The highest BCUT2D eigenvalue weighted by molar-refractivity contribution is 7.99. The molecule has 7 nitrogen and oxygen atoms in total. The lowest BCUT2D eigenvalue weighted by Gasteiger charge is -2.10. The van der Waals surface area contributed by atoms with Gasteiger partial charge in [-0.3, -0.25) is 4.79 Å². The molecule has 2 aromatic carbocycles. The second-order valence-corrected chi connectivity index (χ2v) is 6.02. The average molecular weight is 368 g/mol. The summed E-state index contributed by atoms with van der Waals surface area (Å²) in [6.45, 7) is 0. The van der Waals surface area contributed by atoms with Crippen LogP contribution in [-0.2, 0) is 0 Å². The van der Waals surface area contributed by atoms with Gasteiger partial charge in [0.25, 0.3) is 5.91 Å². The standard InChI is InChI=1S/C18H16N4O3S/c1-24-16-20-17(25-2)22-18(21-16)26-14-11-7-6-10-13(14)15(23)19-12-8-4-3-5-9-12/h3-11H,1-2H3,(H,19,23). The maximum atomic E-state index is 12.6. The average Bonchev–Trinajstić information content (AvgIpc) is 2.68. The Bertz CT molecular complexity index is 884. The maximum Gasteiger partial charge on any atom is 0.323 e. The zero-order valence-corrected chi connectivity index (χ0v) is 15.0. The number of amides is 1. The van der Waals surface area contributed by atoms with Crippen LogP contribution in [0.3, 0.4) is 0 Å². The molecule has 132 valence electrons. The molecule has 0 bridgehead atoms. The van der Waals surface area contributed by atoms with E-state index in [1.807, 2.05) is 42.5 Å². The topological polar surface area (TPSA) is 86.2 Å². The summed E-state index contributed by atoms with van der Waals surface area (Å²) in [6, 6.07) is 16.8. The van der Waals surface area contributed by atoms with Crippen LogP contribution in [0.25, 0.3) is 0 Å². The van der Waals surface area contributed by atoms with Crippen LogP contribution in [0.1, 0.15) is 10.4 Å². The van der Waals surface area contributed by atoms with Crippen LogP contribution in [0.4, 0.5) is 5.69 Å². The van der Waals surface area contributed by atoms with Crippen LogP contribution < -0.4 is 14.8 Å². The smallest absolute Gasteiger partial charge is 0.323 e. The van der Waals surface area contributed by atoms with E-state index in [2.05, 4.69) is 20.3 Å². The van der Waals surface area contributed by atoms with E-state index in [0.29, 0.717) is 15.6 Å². The van der Waals surface area contributed by atoms with E-state index in [0.717, 1.165) is 5.69 Å². The van der Waals surface area contributed by atoms with E-state index in [-0.39, 0.29) is 17.9 Å². The second kappa shape index (κ2) is 8.30. The Balaban J connectivity index is 1.87. The molecule has 8 heteroatoms. The molecule has 0 aliphatic rings. The van der Waals surface area contributed by atoms with Gasteiger partial charge < -0.3 is 14.8 Å². The monoisotopic (exact) mass is 368 g/mol. The fraction of sp³-hybridized carbons (Fsp3) is 0.111. The number of para-hydroxylation sites is 1. The van der Waals surface area contributed by atoms with E-state index in [1.165, 1.54) is 26.0 Å². The Kier molecular flexibility index (Phi) is 5.65.